The van der Waals surface area contributed by atoms with Gasteiger partial charge in [0, 0.05) is 6.42 Å². The van der Waals surface area contributed by atoms with Crippen molar-refractivity contribution in [3.05, 3.63) is 0 Å². The van der Waals surface area contributed by atoms with Gasteiger partial charge in [-0.2, -0.15) is 0 Å². The molecule has 0 amide bonds. The maximum Gasteiger partial charge on any atom is 0.241 e. The highest BCUT2D eigenvalue weighted by molar-refractivity contribution is 7.85. The van der Waals surface area contributed by atoms with Crippen molar-refractivity contribution in [3.8, 4) is 0 Å². The molecule has 0 fully saturated rings. The Morgan fingerprint density at radius 2 is 1.62 bits per heavy atom. The lowest BCUT2D eigenvalue weighted by Crippen LogP contribution is -2.38. The highest BCUT2D eigenvalue weighted by atomic mass is 35.5. The van der Waals surface area contributed by atoms with Crippen LogP contribution in [-0.2, 0) is 31.7 Å². The number of halogens is 2. The van der Waals surface area contributed by atoms with E-state index in [1.165, 1.54) is 0 Å². The van der Waals surface area contributed by atoms with Gasteiger partial charge in [0.25, 0.3) is 0 Å². The first-order valence-corrected chi connectivity index (χ1v) is 6.94. The third kappa shape index (κ3) is 5.46. The van der Waals surface area contributed by atoms with Crippen LogP contribution in [0.4, 0.5) is 0 Å². The molecule has 6 nitrogen and oxygen atoms in total. The molecule has 0 bridgehead atoms. The van der Waals surface area contributed by atoms with Crippen molar-refractivity contribution in [2.75, 3.05) is 0 Å². The molecule has 0 rings (SSSR count). The molecule has 0 aliphatic heterocycles. The Hall–Kier alpha value is 0.140. The van der Waals surface area contributed by atoms with Gasteiger partial charge < -0.3 is 9.11 Å². The van der Waals surface area contributed by atoms with E-state index in [1.54, 1.807) is 0 Å². The van der Waals surface area contributed by atoms with E-state index in [9.17, 15) is 18.0 Å². The molecular formula is C6H8Cl2O6S2. The average molecular weight is 311 g/mol. The molecule has 4 unspecified atom stereocenters. The molecule has 0 radical (unpaired) electrons. The molecule has 2 N–H and O–H groups in total. The Morgan fingerprint density at radius 3 is 1.88 bits per heavy atom. The van der Waals surface area contributed by atoms with Crippen LogP contribution in [0.2, 0.25) is 0 Å². The van der Waals surface area contributed by atoms with E-state index < -0.39 is 43.1 Å². The SMILES string of the molecule is O=C(Cl)CCC(C(C(=O)Cl)S(=O)O)S(=O)O. The first kappa shape index (κ1) is 16.1. The summed E-state index contributed by atoms with van der Waals surface area (Å²) in [7, 11) is 0. The minimum absolute atomic E-state index is 0.277. The molecule has 0 heterocycles. The normalized spacial score (nSPS) is 18.5. The molecule has 0 aliphatic rings. The summed E-state index contributed by atoms with van der Waals surface area (Å²) in [5.74, 6) is 0. The first-order valence-electron chi connectivity index (χ1n) is 3.84. The van der Waals surface area contributed by atoms with E-state index in [-0.39, 0.29) is 12.8 Å². The summed E-state index contributed by atoms with van der Waals surface area (Å²) in [6, 6.07) is 0. The van der Waals surface area contributed by atoms with Crippen LogP contribution in [-0.4, -0.2) is 38.5 Å². The molecule has 0 aromatic rings. The van der Waals surface area contributed by atoms with Crippen LogP contribution in [0.1, 0.15) is 12.8 Å². The molecule has 0 aliphatic carbocycles. The average Bonchev–Trinajstić information content (AvgIpc) is 2.09. The molecular weight excluding hydrogens is 303 g/mol. The zero-order valence-electron chi connectivity index (χ0n) is 7.67. The molecule has 10 heteroatoms. The van der Waals surface area contributed by atoms with Crippen molar-refractivity contribution in [3.63, 3.8) is 0 Å². The Bertz CT molecular complexity index is 319. The number of hydrogen-bond acceptors (Lipinski definition) is 4. The third-order valence-corrected chi connectivity index (χ3v) is 4.39. The Morgan fingerprint density at radius 1 is 1.12 bits per heavy atom. The van der Waals surface area contributed by atoms with E-state index in [0.717, 1.165) is 0 Å². The van der Waals surface area contributed by atoms with Crippen LogP contribution in [0, 0.1) is 0 Å². The maximum atomic E-state index is 10.9. The lowest BCUT2D eigenvalue weighted by molar-refractivity contribution is -0.113. The van der Waals surface area contributed by atoms with Crippen LogP contribution >= 0.6 is 23.2 Å². The van der Waals surface area contributed by atoms with Crippen LogP contribution in [0.3, 0.4) is 0 Å². The molecule has 4 atom stereocenters. The zero-order chi connectivity index (χ0) is 12.9. The number of carbonyl (C=O) groups excluding carboxylic acids is 2. The largest absolute Gasteiger partial charge is 0.306 e. The van der Waals surface area contributed by atoms with Gasteiger partial charge in [-0.3, -0.25) is 9.59 Å². The fourth-order valence-corrected chi connectivity index (χ4v) is 3.31. The molecule has 0 aromatic carbocycles. The molecule has 0 saturated heterocycles. The smallest absolute Gasteiger partial charge is 0.241 e. The van der Waals surface area contributed by atoms with Crippen LogP contribution < -0.4 is 0 Å². The summed E-state index contributed by atoms with van der Waals surface area (Å²) in [5.41, 5.74) is 0. The van der Waals surface area contributed by atoms with Gasteiger partial charge in [-0.15, -0.1) is 0 Å². The number of rotatable bonds is 7. The van der Waals surface area contributed by atoms with Crippen LogP contribution in [0.25, 0.3) is 0 Å². The highest BCUT2D eigenvalue weighted by Gasteiger charge is 2.36. The third-order valence-electron chi connectivity index (χ3n) is 1.66. The van der Waals surface area contributed by atoms with Gasteiger partial charge >= 0.3 is 0 Å². The molecule has 16 heavy (non-hydrogen) atoms. The van der Waals surface area contributed by atoms with Crippen LogP contribution in [0.5, 0.6) is 0 Å². The minimum atomic E-state index is -2.69. The molecule has 94 valence electrons. The Balaban J connectivity index is 4.86. The second-order valence-corrected chi connectivity index (χ2v) is 5.72. The van der Waals surface area contributed by atoms with Gasteiger partial charge in [-0.05, 0) is 29.6 Å². The van der Waals surface area contributed by atoms with Crippen molar-refractivity contribution in [1.82, 2.24) is 0 Å². The van der Waals surface area contributed by atoms with Crippen LogP contribution in [0.15, 0.2) is 0 Å². The second kappa shape index (κ2) is 7.46. The summed E-state index contributed by atoms with van der Waals surface area (Å²) >= 11 is 4.80. The lowest BCUT2D eigenvalue weighted by Gasteiger charge is -2.17. The monoisotopic (exact) mass is 310 g/mol. The summed E-state index contributed by atoms with van der Waals surface area (Å²) < 4.78 is 39.3. The Labute approximate surface area is 106 Å². The van der Waals surface area contributed by atoms with Gasteiger partial charge in [0.15, 0.2) is 27.4 Å². The van der Waals surface area contributed by atoms with Crippen molar-refractivity contribution in [1.29, 1.82) is 0 Å². The summed E-state index contributed by atoms with van der Waals surface area (Å²) in [6.07, 6.45) is -0.572. The summed E-state index contributed by atoms with van der Waals surface area (Å²) in [6.45, 7) is 0. The van der Waals surface area contributed by atoms with Crippen molar-refractivity contribution in [2.45, 2.75) is 23.3 Å². The second-order valence-electron chi connectivity index (χ2n) is 2.71. The predicted octanol–water partition coefficient (Wildman–Crippen LogP) is 0.478. The standard InChI is InChI=1S/C6H8Cl2O6S2/c7-4(9)2-1-3(15(11)12)5(6(8)10)16(13)14/h3,5H,1-2H2,(H,11,12)(H,13,14). The van der Waals surface area contributed by atoms with E-state index in [2.05, 4.69) is 0 Å². The minimum Gasteiger partial charge on any atom is -0.306 e. The van der Waals surface area contributed by atoms with Crippen molar-refractivity contribution in [2.24, 2.45) is 0 Å². The fraction of sp³-hybridized carbons (Fsp3) is 0.667. The topological polar surface area (TPSA) is 109 Å². The van der Waals surface area contributed by atoms with Gasteiger partial charge in [-0.1, -0.05) is 0 Å². The first-order chi connectivity index (χ1) is 7.27. The van der Waals surface area contributed by atoms with E-state index >= 15 is 0 Å². The number of hydrogen-bond donors (Lipinski definition) is 2. The van der Waals surface area contributed by atoms with E-state index in [0.29, 0.717) is 0 Å². The van der Waals surface area contributed by atoms with Gasteiger partial charge in [-0.25, -0.2) is 8.42 Å². The van der Waals surface area contributed by atoms with Gasteiger partial charge in [0.05, 0.1) is 5.25 Å². The summed E-state index contributed by atoms with van der Waals surface area (Å²) in [4.78, 5) is 21.3. The van der Waals surface area contributed by atoms with E-state index in [4.69, 9.17) is 32.3 Å². The van der Waals surface area contributed by atoms with Gasteiger partial charge in [0.2, 0.25) is 10.5 Å². The lowest BCUT2D eigenvalue weighted by atomic mass is 10.2. The molecule has 0 spiro atoms. The van der Waals surface area contributed by atoms with Crippen molar-refractivity contribution >= 4 is 55.8 Å². The van der Waals surface area contributed by atoms with Crippen molar-refractivity contribution < 1.29 is 27.1 Å². The quantitative estimate of drug-likeness (QED) is 0.523. The molecule has 0 aromatic heterocycles. The Kier molecular flexibility index (Phi) is 7.53. The number of carbonyl (C=O) groups is 2. The van der Waals surface area contributed by atoms with Gasteiger partial charge in [0.1, 0.15) is 0 Å². The fourth-order valence-electron chi connectivity index (χ4n) is 0.969. The maximum absolute atomic E-state index is 10.9. The summed E-state index contributed by atoms with van der Waals surface area (Å²) in [5, 5.41) is -5.11. The zero-order valence-corrected chi connectivity index (χ0v) is 10.8. The molecule has 0 saturated carbocycles. The highest BCUT2D eigenvalue weighted by Crippen LogP contribution is 2.17. The van der Waals surface area contributed by atoms with E-state index in [1.807, 2.05) is 0 Å². The predicted molar refractivity (Wildman–Crippen MR) is 60.1 cm³/mol.